The van der Waals surface area contributed by atoms with E-state index in [0.29, 0.717) is 29.5 Å². The number of amides is 1. The van der Waals surface area contributed by atoms with Crippen LogP contribution >= 0.6 is 11.3 Å². The largest absolute Gasteiger partial charge is 0.481 e. The second-order valence-corrected chi connectivity index (χ2v) is 11.2. The first-order valence-electron chi connectivity index (χ1n) is 11.6. The molecule has 6 heteroatoms. The summed E-state index contributed by atoms with van der Waals surface area (Å²) in [6.07, 6.45) is 3.03. The molecule has 2 fully saturated rings. The van der Waals surface area contributed by atoms with Gasteiger partial charge >= 0.3 is 5.97 Å². The summed E-state index contributed by atoms with van der Waals surface area (Å²) in [7, 11) is 0. The number of hydrogen-bond donors (Lipinski definition) is 2. The molecule has 1 amide bonds. The Bertz CT molecular complexity index is 1260. The van der Waals surface area contributed by atoms with Crippen molar-refractivity contribution in [2.45, 2.75) is 45.6 Å². The van der Waals surface area contributed by atoms with E-state index < -0.39 is 5.97 Å². The molecule has 34 heavy (non-hydrogen) atoms. The fraction of sp³-hybridized carbons (Fsp3) is 0.321. The molecular formula is C28H27NO4S. The van der Waals surface area contributed by atoms with Crippen molar-refractivity contribution in [3.05, 3.63) is 81.0 Å². The summed E-state index contributed by atoms with van der Waals surface area (Å²) < 4.78 is 0. The SMILES string of the molecule is Cc1sc(C)c(C(=O)c2ccc(-c3ccccc3)cc2)c1C(=O)NC1CC2(C1)CC(C(=O)O)C2. The van der Waals surface area contributed by atoms with E-state index in [9.17, 15) is 14.4 Å². The number of carboxylic acid groups (broad SMARTS) is 1. The van der Waals surface area contributed by atoms with Gasteiger partial charge in [-0.1, -0.05) is 54.6 Å². The zero-order chi connectivity index (χ0) is 24.0. The molecule has 0 bridgehead atoms. The van der Waals surface area contributed by atoms with Crippen molar-refractivity contribution in [2.24, 2.45) is 11.3 Å². The summed E-state index contributed by atoms with van der Waals surface area (Å²) >= 11 is 1.47. The van der Waals surface area contributed by atoms with E-state index in [1.807, 2.05) is 68.4 Å². The predicted octanol–water partition coefficient (Wildman–Crippen LogP) is 5.64. The van der Waals surface area contributed by atoms with E-state index in [4.69, 9.17) is 5.11 Å². The highest BCUT2D eigenvalue weighted by Gasteiger charge is 2.55. The molecule has 2 aliphatic carbocycles. The highest BCUT2D eigenvalue weighted by Crippen LogP contribution is 2.58. The summed E-state index contributed by atoms with van der Waals surface area (Å²) in [5.41, 5.74) is 3.72. The third-order valence-electron chi connectivity index (χ3n) is 7.37. The van der Waals surface area contributed by atoms with Gasteiger partial charge in [-0.25, -0.2) is 0 Å². The second kappa shape index (κ2) is 8.51. The zero-order valence-corrected chi connectivity index (χ0v) is 20.1. The maximum absolute atomic E-state index is 13.5. The lowest BCUT2D eigenvalue weighted by Gasteiger charge is -2.56. The number of aryl methyl sites for hydroxylation is 2. The van der Waals surface area contributed by atoms with Gasteiger partial charge in [-0.15, -0.1) is 11.3 Å². The fourth-order valence-electron chi connectivity index (χ4n) is 5.66. The Kier molecular flexibility index (Phi) is 5.64. The molecule has 1 spiro atoms. The van der Waals surface area contributed by atoms with Gasteiger partial charge in [-0.05, 0) is 56.1 Å². The molecule has 174 valence electrons. The number of carboxylic acids is 1. The second-order valence-electron chi connectivity index (χ2n) is 9.76. The van der Waals surface area contributed by atoms with Crippen LogP contribution in [-0.4, -0.2) is 28.8 Å². The minimum Gasteiger partial charge on any atom is -0.481 e. The van der Waals surface area contributed by atoms with Crippen LogP contribution in [0.3, 0.4) is 0 Å². The third-order valence-corrected chi connectivity index (χ3v) is 8.39. The molecule has 0 aliphatic heterocycles. The minimum absolute atomic E-state index is 0.0370. The number of carbonyl (C=O) groups is 3. The Balaban J connectivity index is 1.31. The standard InChI is InChI=1S/C28H27NO4S/c1-16-23(25(30)20-10-8-19(9-11-20)18-6-4-3-5-7-18)24(17(2)34-16)26(31)29-22-14-28(15-22)12-21(13-28)27(32)33/h3-11,21-22H,12-15H2,1-2H3,(H,29,31)(H,32,33). The Hall–Kier alpha value is -3.25. The van der Waals surface area contributed by atoms with Crippen molar-refractivity contribution in [3.8, 4) is 11.1 Å². The topological polar surface area (TPSA) is 83.5 Å². The van der Waals surface area contributed by atoms with Crippen LogP contribution in [0.4, 0.5) is 0 Å². The molecule has 2 aliphatic rings. The van der Waals surface area contributed by atoms with Crippen molar-refractivity contribution < 1.29 is 19.5 Å². The third kappa shape index (κ3) is 3.96. The van der Waals surface area contributed by atoms with Crippen LogP contribution < -0.4 is 5.32 Å². The molecule has 1 heterocycles. The molecule has 2 aromatic carbocycles. The first-order valence-corrected chi connectivity index (χ1v) is 12.4. The maximum atomic E-state index is 13.5. The predicted molar refractivity (Wildman–Crippen MR) is 132 cm³/mol. The van der Waals surface area contributed by atoms with Crippen LogP contribution in [0.1, 0.15) is 61.7 Å². The molecule has 0 radical (unpaired) electrons. The minimum atomic E-state index is -0.720. The van der Waals surface area contributed by atoms with Crippen LogP contribution in [0.15, 0.2) is 54.6 Å². The average Bonchev–Trinajstić information content (AvgIpc) is 3.08. The molecule has 2 N–H and O–H groups in total. The van der Waals surface area contributed by atoms with E-state index in [1.54, 1.807) is 0 Å². The van der Waals surface area contributed by atoms with Crippen LogP contribution in [0.2, 0.25) is 0 Å². The molecule has 2 saturated carbocycles. The lowest BCUT2D eigenvalue weighted by molar-refractivity contribution is -0.155. The van der Waals surface area contributed by atoms with E-state index >= 15 is 0 Å². The number of ketones is 1. The number of rotatable bonds is 6. The van der Waals surface area contributed by atoms with Gasteiger partial charge in [0.15, 0.2) is 5.78 Å². The highest BCUT2D eigenvalue weighted by molar-refractivity contribution is 7.12. The van der Waals surface area contributed by atoms with Crippen LogP contribution in [0, 0.1) is 25.2 Å². The van der Waals surface area contributed by atoms with Gasteiger partial charge in [-0.2, -0.15) is 0 Å². The van der Waals surface area contributed by atoms with Crippen molar-refractivity contribution >= 4 is 29.0 Å². The van der Waals surface area contributed by atoms with E-state index in [2.05, 4.69) is 5.32 Å². The van der Waals surface area contributed by atoms with Gasteiger partial charge in [0, 0.05) is 26.9 Å². The summed E-state index contributed by atoms with van der Waals surface area (Å²) in [5.74, 6) is -1.31. The zero-order valence-electron chi connectivity index (χ0n) is 19.3. The van der Waals surface area contributed by atoms with E-state index in [0.717, 1.165) is 33.7 Å². The number of aliphatic carboxylic acids is 1. The number of hydrogen-bond acceptors (Lipinski definition) is 4. The number of nitrogens with one attached hydrogen (secondary N) is 1. The summed E-state index contributed by atoms with van der Waals surface area (Å²) in [5, 5.41) is 12.2. The first-order chi connectivity index (χ1) is 16.3. The van der Waals surface area contributed by atoms with Crippen molar-refractivity contribution in [3.63, 3.8) is 0 Å². The smallest absolute Gasteiger partial charge is 0.306 e. The Morgan fingerprint density at radius 2 is 1.44 bits per heavy atom. The molecule has 3 aromatic rings. The molecule has 5 nitrogen and oxygen atoms in total. The van der Waals surface area contributed by atoms with Crippen molar-refractivity contribution in [1.29, 1.82) is 0 Å². The Morgan fingerprint density at radius 3 is 2.06 bits per heavy atom. The quantitative estimate of drug-likeness (QED) is 0.454. The highest BCUT2D eigenvalue weighted by atomic mass is 32.1. The first kappa shape index (κ1) is 22.5. The average molecular weight is 474 g/mol. The van der Waals surface area contributed by atoms with Gasteiger partial charge < -0.3 is 10.4 Å². The summed E-state index contributed by atoms with van der Waals surface area (Å²) in [6.45, 7) is 3.77. The molecule has 1 aromatic heterocycles. The monoisotopic (exact) mass is 473 g/mol. The van der Waals surface area contributed by atoms with Gasteiger partial charge in [0.05, 0.1) is 11.5 Å². The van der Waals surface area contributed by atoms with E-state index in [1.165, 1.54) is 11.3 Å². The lowest BCUT2D eigenvalue weighted by atomic mass is 9.50. The van der Waals surface area contributed by atoms with Crippen LogP contribution in [-0.2, 0) is 4.79 Å². The van der Waals surface area contributed by atoms with Gasteiger partial charge in [0.2, 0.25) is 0 Å². The Labute approximate surface area is 202 Å². The maximum Gasteiger partial charge on any atom is 0.306 e. The molecule has 5 rings (SSSR count). The number of benzene rings is 2. The summed E-state index contributed by atoms with van der Waals surface area (Å²) in [6, 6.07) is 17.6. The van der Waals surface area contributed by atoms with Crippen LogP contribution in [0.25, 0.3) is 11.1 Å². The lowest BCUT2D eigenvalue weighted by Crippen LogP contribution is -2.57. The molecule has 0 saturated heterocycles. The van der Waals surface area contributed by atoms with Crippen molar-refractivity contribution in [1.82, 2.24) is 5.32 Å². The normalized spacial score (nSPS) is 23.1. The van der Waals surface area contributed by atoms with Gasteiger partial charge in [0.1, 0.15) is 0 Å². The Morgan fingerprint density at radius 1 is 0.853 bits per heavy atom. The number of thiophene rings is 1. The molecular weight excluding hydrogens is 446 g/mol. The fourth-order valence-corrected chi connectivity index (χ4v) is 6.71. The molecule has 0 unspecified atom stereocenters. The van der Waals surface area contributed by atoms with Crippen molar-refractivity contribution in [2.75, 3.05) is 0 Å². The number of carbonyl (C=O) groups excluding carboxylic acids is 2. The van der Waals surface area contributed by atoms with Gasteiger partial charge in [-0.3, -0.25) is 14.4 Å². The molecule has 0 atom stereocenters. The van der Waals surface area contributed by atoms with Gasteiger partial charge in [0.25, 0.3) is 5.91 Å². The van der Waals surface area contributed by atoms with Crippen LogP contribution in [0.5, 0.6) is 0 Å². The van der Waals surface area contributed by atoms with E-state index in [-0.39, 0.29) is 29.1 Å². The summed E-state index contributed by atoms with van der Waals surface area (Å²) in [4.78, 5) is 39.4.